The van der Waals surface area contributed by atoms with Crippen LogP contribution in [0.2, 0.25) is 5.02 Å². The van der Waals surface area contributed by atoms with Gasteiger partial charge in [0.05, 0.1) is 6.10 Å². The first-order valence-corrected chi connectivity index (χ1v) is 11.5. The predicted molar refractivity (Wildman–Crippen MR) is 124 cm³/mol. The second kappa shape index (κ2) is 10.4. The molecule has 1 unspecified atom stereocenters. The number of anilines is 1. The Morgan fingerprint density at radius 3 is 3.10 bits per heavy atom. The van der Waals surface area contributed by atoms with E-state index in [4.69, 9.17) is 21.3 Å². The largest absolute Gasteiger partial charge is 0.480 e. The number of fused-ring (bicyclic) bond motifs is 1. The van der Waals surface area contributed by atoms with Crippen LogP contribution in [-0.4, -0.2) is 53.3 Å². The molecular weight excluding hydrogens is 414 g/mol. The molecule has 0 radical (unpaired) electrons. The molecule has 2 aliphatic heterocycles. The van der Waals surface area contributed by atoms with E-state index in [2.05, 4.69) is 17.4 Å². The van der Waals surface area contributed by atoms with Gasteiger partial charge >= 0.3 is 5.97 Å². The quantitative estimate of drug-likeness (QED) is 0.550. The van der Waals surface area contributed by atoms with Crippen LogP contribution in [-0.2, 0) is 22.4 Å². The third kappa shape index (κ3) is 5.76. The molecule has 0 aliphatic carbocycles. The molecule has 1 fully saturated rings. The van der Waals surface area contributed by atoms with Gasteiger partial charge in [-0.2, -0.15) is 0 Å². The molecule has 2 atom stereocenters. The number of likely N-dealkylation sites (tertiary alicyclic amines) is 1. The lowest BCUT2D eigenvalue weighted by Gasteiger charge is -2.24. The number of nitrogens with one attached hydrogen (secondary N) is 1. The van der Waals surface area contributed by atoms with Crippen LogP contribution in [0.3, 0.4) is 0 Å². The van der Waals surface area contributed by atoms with Crippen LogP contribution in [0.5, 0.6) is 0 Å². The van der Waals surface area contributed by atoms with Crippen molar-refractivity contribution in [3.05, 3.63) is 58.2 Å². The topological polar surface area (TPSA) is 74.7 Å². The lowest BCUT2D eigenvalue weighted by Crippen LogP contribution is -2.33. The Balaban J connectivity index is 0.00000289. The second-order valence-electron chi connectivity index (χ2n) is 8.37. The maximum absolute atomic E-state index is 11.9. The summed E-state index contributed by atoms with van der Waals surface area (Å²) in [6.07, 6.45) is 6.17. The smallest absolute Gasteiger partial charge is 0.325 e. The minimum absolute atomic E-state index is 0. The molecule has 0 amide bonds. The van der Waals surface area contributed by atoms with E-state index in [1.165, 1.54) is 12.0 Å². The summed E-state index contributed by atoms with van der Waals surface area (Å²) in [5.41, 5.74) is 3.17. The number of hydrogen-bond acceptors (Lipinski definition) is 5. The normalized spacial score (nSPS) is 19.6. The first kappa shape index (κ1) is 22.1. The van der Waals surface area contributed by atoms with Gasteiger partial charge in [-0.15, -0.1) is 0 Å². The molecule has 3 heterocycles. The maximum Gasteiger partial charge on any atom is 0.325 e. The van der Waals surface area contributed by atoms with E-state index in [0.717, 1.165) is 50.2 Å². The van der Waals surface area contributed by atoms with Crippen LogP contribution in [0.4, 0.5) is 5.82 Å². The van der Waals surface area contributed by atoms with Gasteiger partial charge in [0.1, 0.15) is 11.9 Å². The number of aryl methyl sites for hydroxylation is 2. The van der Waals surface area contributed by atoms with Gasteiger partial charge in [0, 0.05) is 38.4 Å². The molecule has 6 nitrogen and oxygen atoms in total. The standard InChI is InChI=1S/C24H30ClN3O3.H2/c25-19-7-3-5-18(15-19)22(24(29)30)28-13-11-21(16-28)31-14-2-1-8-20-10-9-17-6-4-12-26-23(17)27-20;/h3,5,7,9-10,15,21-22H,1-2,4,6,8,11-14,16H2,(H,26,27)(H,29,30);1H/t21-,22?;/m1./s1. The minimum Gasteiger partial charge on any atom is -0.480 e. The molecule has 7 heteroatoms. The number of carboxylic acid groups (broad SMARTS) is 1. The third-order valence-electron chi connectivity index (χ3n) is 6.07. The second-order valence-corrected chi connectivity index (χ2v) is 8.81. The summed E-state index contributed by atoms with van der Waals surface area (Å²) in [5, 5.41) is 13.7. The molecule has 4 rings (SSSR count). The van der Waals surface area contributed by atoms with Gasteiger partial charge in [-0.1, -0.05) is 29.8 Å². The Morgan fingerprint density at radius 2 is 2.26 bits per heavy atom. The maximum atomic E-state index is 11.9. The zero-order chi connectivity index (χ0) is 21.6. The van der Waals surface area contributed by atoms with Crippen molar-refractivity contribution < 1.29 is 16.1 Å². The van der Waals surface area contributed by atoms with Gasteiger partial charge in [-0.3, -0.25) is 9.69 Å². The molecule has 1 aromatic heterocycles. The van der Waals surface area contributed by atoms with Crippen LogP contribution in [0.15, 0.2) is 36.4 Å². The van der Waals surface area contributed by atoms with E-state index in [1.54, 1.807) is 18.2 Å². The van der Waals surface area contributed by atoms with Crippen molar-refractivity contribution in [2.45, 2.75) is 50.7 Å². The molecule has 2 N–H and O–H groups in total. The van der Waals surface area contributed by atoms with Crippen molar-refractivity contribution in [1.29, 1.82) is 0 Å². The van der Waals surface area contributed by atoms with Crippen LogP contribution in [0.1, 0.15) is 50.0 Å². The van der Waals surface area contributed by atoms with E-state index in [9.17, 15) is 9.90 Å². The number of unbranched alkanes of at least 4 members (excludes halogenated alkanes) is 1. The highest BCUT2D eigenvalue weighted by molar-refractivity contribution is 6.30. The van der Waals surface area contributed by atoms with E-state index >= 15 is 0 Å². The fourth-order valence-corrected chi connectivity index (χ4v) is 4.68. The number of aliphatic carboxylic acids is 1. The first-order chi connectivity index (χ1) is 15.1. The molecule has 168 valence electrons. The molecule has 2 aliphatic rings. The number of benzene rings is 1. The zero-order valence-electron chi connectivity index (χ0n) is 17.7. The number of carbonyl (C=O) groups is 1. The fourth-order valence-electron chi connectivity index (χ4n) is 4.48. The lowest BCUT2D eigenvalue weighted by atomic mass is 10.1. The first-order valence-electron chi connectivity index (χ1n) is 11.2. The van der Waals surface area contributed by atoms with Gasteiger partial charge in [-0.25, -0.2) is 4.98 Å². The van der Waals surface area contributed by atoms with Gasteiger partial charge in [0.25, 0.3) is 0 Å². The molecule has 31 heavy (non-hydrogen) atoms. The van der Waals surface area contributed by atoms with Gasteiger partial charge in [0.15, 0.2) is 0 Å². The Bertz CT molecular complexity index is 914. The van der Waals surface area contributed by atoms with Gasteiger partial charge in [0.2, 0.25) is 0 Å². The number of halogens is 1. The Hall–Kier alpha value is -2.15. The molecule has 0 bridgehead atoms. The molecule has 1 aromatic carbocycles. The Labute approximate surface area is 190 Å². The highest BCUT2D eigenvalue weighted by atomic mass is 35.5. The van der Waals surface area contributed by atoms with Crippen molar-refractivity contribution >= 4 is 23.4 Å². The minimum atomic E-state index is -0.852. The summed E-state index contributed by atoms with van der Waals surface area (Å²) in [6, 6.07) is 10.8. The van der Waals surface area contributed by atoms with Crippen LogP contribution in [0.25, 0.3) is 0 Å². The number of nitrogens with zero attached hydrogens (tertiary/aromatic N) is 2. The summed E-state index contributed by atoms with van der Waals surface area (Å²) < 4.78 is 6.06. The summed E-state index contributed by atoms with van der Waals surface area (Å²) in [7, 11) is 0. The van der Waals surface area contributed by atoms with Crippen molar-refractivity contribution in [1.82, 2.24) is 9.88 Å². The van der Waals surface area contributed by atoms with Gasteiger partial charge < -0.3 is 15.2 Å². The molecule has 0 saturated carbocycles. The number of carboxylic acids is 1. The summed E-state index contributed by atoms with van der Waals surface area (Å²) >= 11 is 6.06. The number of aromatic nitrogens is 1. The molecular formula is C24H32ClN3O3. The van der Waals surface area contributed by atoms with E-state index in [-0.39, 0.29) is 7.53 Å². The number of ether oxygens (including phenoxy) is 1. The van der Waals surface area contributed by atoms with Crippen LogP contribution < -0.4 is 5.32 Å². The van der Waals surface area contributed by atoms with E-state index in [1.807, 2.05) is 11.0 Å². The average Bonchev–Trinajstić information content (AvgIpc) is 3.21. The highest BCUT2D eigenvalue weighted by Crippen LogP contribution is 2.28. The van der Waals surface area contributed by atoms with Crippen molar-refractivity contribution in [3.8, 4) is 0 Å². The van der Waals surface area contributed by atoms with E-state index in [0.29, 0.717) is 30.3 Å². The monoisotopic (exact) mass is 445 g/mol. The van der Waals surface area contributed by atoms with Crippen molar-refractivity contribution in [2.75, 3.05) is 31.6 Å². The number of hydrogen-bond donors (Lipinski definition) is 2. The van der Waals surface area contributed by atoms with Crippen molar-refractivity contribution in [2.24, 2.45) is 0 Å². The zero-order valence-corrected chi connectivity index (χ0v) is 18.5. The van der Waals surface area contributed by atoms with Crippen LogP contribution in [0, 0.1) is 0 Å². The fraction of sp³-hybridized carbons (Fsp3) is 0.500. The number of rotatable bonds is 9. The van der Waals surface area contributed by atoms with Crippen molar-refractivity contribution in [3.63, 3.8) is 0 Å². The average molecular weight is 446 g/mol. The summed E-state index contributed by atoms with van der Waals surface area (Å²) in [4.78, 5) is 18.6. The highest BCUT2D eigenvalue weighted by Gasteiger charge is 2.34. The van der Waals surface area contributed by atoms with Crippen LogP contribution >= 0.6 is 11.6 Å². The SMILES string of the molecule is O=C(O)C(c1cccc(Cl)c1)N1CC[C@@H](OCCCCc2ccc3c(n2)NCCC3)C1.[HH]. The molecule has 1 saturated heterocycles. The summed E-state index contributed by atoms with van der Waals surface area (Å²) in [5.74, 6) is 0.202. The van der Waals surface area contributed by atoms with E-state index < -0.39 is 12.0 Å². The number of pyridine rings is 1. The van der Waals surface area contributed by atoms with Gasteiger partial charge in [-0.05, 0) is 67.9 Å². The Morgan fingerprint density at radius 1 is 1.35 bits per heavy atom. The molecule has 2 aromatic rings. The molecule has 0 spiro atoms. The third-order valence-corrected chi connectivity index (χ3v) is 6.31. The predicted octanol–water partition coefficient (Wildman–Crippen LogP) is 4.58. The summed E-state index contributed by atoms with van der Waals surface area (Å²) in [6.45, 7) is 3.04. The lowest BCUT2D eigenvalue weighted by molar-refractivity contribution is -0.143. The Kier molecular flexibility index (Phi) is 7.43.